The quantitative estimate of drug-likeness (QED) is 0.701. The van der Waals surface area contributed by atoms with Gasteiger partial charge in [0.25, 0.3) is 0 Å². The van der Waals surface area contributed by atoms with E-state index in [0.717, 1.165) is 25.4 Å². The first-order chi connectivity index (χ1) is 15.4. The van der Waals surface area contributed by atoms with Gasteiger partial charge >= 0.3 is 0 Å². The van der Waals surface area contributed by atoms with E-state index in [1.165, 1.54) is 49.0 Å². The second-order valence-electron chi connectivity index (χ2n) is 9.47. The van der Waals surface area contributed by atoms with Crippen LogP contribution in [-0.4, -0.2) is 68.1 Å². The van der Waals surface area contributed by atoms with Crippen molar-refractivity contribution in [3.05, 3.63) is 40.8 Å². The average Bonchev–Trinajstić information content (AvgIpc) is 3.39. The number of hydrogen-bond acceptors (Lipinski definition) is 6. The van der Waals surface area contributed by atoms with E-state index in [4.69, 9.17) is 4.52 Å². The molecule has 1 saturated carbocycles. The number of aromatic nitrogens is 1. The van der Waals surface area contributed by atoms with Crippen molar-refractivity contribution in [1.82, 2.24) is 14.4 Å². The summed E-state index contributed by atoms with van der Waals surface area (Å²) in [5.74, 6) is 0.363. The first-order valence-electron chi connectivity index (χ1n) is 12.0. The molecule has 3 aliphatic rings. The van der Waals surface area contributed by atoms with Crippen LogP contribution in [0.5, 0.6) is 0 Å². The van der Waals surface area contributed by atoms with Crippen molar-refractivity contribution in [1.29, 1.82) is 0 Å². The molecule has 5 rings (SSSR count). The van der Waals surface area contributed by atoms with Crippen LogP contribution in [0.1, 0.15) is 48.3 Å². The summed E-state index contributed by atoms with van der Waals surface area (Å²) in [4.78, 5) is 5.26. The predicted octanol–water partition coefficient (Wildman–Crippen LogP) is 3.15. The molecule has 1 aliphatic carbocycles. The third-order valence-corrected chi connectivity index (χ3v) is 9.68. The van der Waals surface area contributed by atoms with Crippen LogP contribution < -0.4 is 4.90 Å². The minimum Gasteiger partial charge on any atom is -0.369 e. The summed E-state index contributed by atoms with van der Waals surface area (Å²) in [6, 6.07) is 7.67. The van der Waals surface area contributed by atoms with Crippen LogP contribution in [0.25, 0.3) is 0 Å². The number of sulfonamides is 1. The molecule has 8 heteroatoms. The zero-order valence-electron chi connectivity index (χ0n) is 19.2. The van der Waals surface area contributed by atoms with E-state index in [1.54, 1.807) is 18.2 Å². The summed E-state index contributed by atoms with van der Waals surface area (Å²) >= 11 is 0. The zero-order valence-corrected chi connectivity index (χ0v) is 20.0. The van der Waals surface area contributed by atoms with E-state index in [0.29, 0.717) is 37.6 Å². The van der Waals surface area contributed by atoms with Gasteiger partial charge in [-0.2, -0.15) is 4.31 Å². The number of benzene rings is 1. The summed E-state index contributed by atoms with van der Waals surface area (Å²) in [7, 11) is -3.57. The Hall–Kier alpha value is -1.90. The van der Waals surface area contributed by atoms with E-state index < -0.39 is 10.0 Å². The molecule has 32 heavy (non-hydrogen) atoms. The molecular formula is C24H34N4O3S. The number of nitrogens with zero attached hydrogens (tertiary/aromatic N) is 4. The number of hydrogen-bond donors (Lipinski definition) is 0. The Morgan fingerprint density at radius 3 is 2.28 bits per heavy atom. The molecule has 174 valence electrons. The van der Waals surface area contributed by atoms with Crippen LogP contribution in [-0.2, 0) is 22.9 Å². The number of rotatable bonds is 4. The number of fused-ring (bicyclic) bond motifs is 1. The van der Waals surface area contributed by atoms with Gasteiger partial charge in [0.05, 0.1) is 0 Å². The molecule has 1 saturated heterocycles. The molecule has 0 bridgehead atoms. The van der Waals surface area contributed by atoms with Crippen molar-refractivity contribution < 1.29 is 12.9 Å². The Labute approximate surface area is 191 Å². The maximum atomic E-state index is 13.1. The maximum absolute atomic E-state index is 13.1. The average molecular weight is 459 g/mol. The fraction of sp³-hybridized carbons (Fsp3) is 0.625. The summed E-state index contributed by atoms with van der Waals surface area (Å²) < 4.78 is 32.9. The molecule has 7 nitrogen and oxygen atoms in total. The third kappa shape index (κ3) is 4.08. The fourth-order valence-electron chi connectivity index (χ4n) is 5.72. The summed E-state index contributed by atoms with van der Waals surface area (Å²) in [5.41, 5.74) is 4.59. The molecule has 0 atom stereocenters. The van der Waals surface area contributed by atoms with Gasteiger partial charge in [0, 0.05) is 51.0 Å². The highest BCUT2D eigenvalue weighted by Gasteiger charge is 2.33. The lowest BCUT2D eigenvalue weighted by atomic mass is 10.0. The monoisotopic (exact) mass is 458 g/mol. The molecular weight excluding hydrogens is 424 g/mol. The van der Waals surface area contributed by atoms with Gasteiger partial charge in [-0.3, -0.25) is 4.90 Å². The van der Waals surface area contributed by atoms with Crippen LogP contribution >= 0.6 is 0 Å². The van der Waals surface area contributed by atoms with Gasteiger partial charge in [0.1, 0.15) is 10.6 Å². The predicted molar refractivity (Wildman–Crippen MR) is 125 cm³/mol. The smallest absolute Gasteiger partial charge is 0.248 e. The molecule has 0 radical (unpaired) electrons. The van der Waals surface area contributed by atoms with E-state index in [1.807, 2.05) is 0 Å². The summed E-state index contributed by atoms with van der Waals surface area (Å²) in [6.07, 6.45) is 7.74. The maximum Gasteiger partial charge on any atom is 0.248 e. The molecule has 2 aromatic rings. The molecule has 2 aliphatic heterocycles. The van der Waals surface area contributed by atoms with Crippen molar-refractivity contribution in [2.45, 2.75) is 63.3 Å². The minimum absolute atomic E-state index is 0.225. The Bertz CT molecular complexity index is 1050. The van der Waals surface area contributed by atoms with Crippen LogP contribution in [0.3, 0.4) is 0 Å². The number of anilines is 1. The van der Waals surface area contributed by atoms with Gasteiger partial charge in [-0.25, -0.2) is 8.42 Å². The van der Waals surface area contributed by atoms with Gasteiger partial charge in [0.2, 0.25) is 10.0 Å². The lowest BCUT2D eigenvalue weighted by Crippen LogP contribution is -2.48. The topological polar surface area (TPSA) is 69.9 Å². The Balaban J connectivity index is 1.25. The molecule has 1 aromatic heterocycles. The van der Waals surface area contributed by atoms with Crippen molar-refractivity contribution in [2.75, 3.05) is 44.2 Å². The normalized spacial score (nSPS) is 21.6. The van der Waals surface area contributed by atoms with E-state index in [9.17, 15) is 8.42 Å². The molecule has 0 unspecified atom stereocenters. The van der Waals surface area contributed by atoms with Crippen LogP contribution in [0, 0.1) is 13.8 Å². The molecule has 1 aromatic carbocycles. The Morgan fingerprint density at radius 1 is 0.938 bits per heavy atom. The minimum atomic E-state index is -3.57. The zero-order chi connectivity index (χ0) is 22.3. The van der Waals surface area contributed by atoms with Crippen molar-refractivity contribution in [3.63, 3.8) is 0 Å². The van der Waals surface area contributed by atoms with Gasteiger partial charge in [0.15, 0.2) is 5.76 Å². The van der Waals surface area contributed by atoms with E-state index in [-0.39, 0.29) is 4.90 Å². The largest absolute Gasteiger partial charge is 0.369 e. The highest BCUT2D eigenvalue weighted by atomic mass is 32.2. The van der Waals surface area contributed by atoms with Crippen molar-refractivity contribution in [3.8, 4) is 0 Å². The van der Waals surface area contributed by atoms with Crippen molar-refractivity contribution in [2.24, 2.45) is 0 Å². The molecule has 0 spiro atoms. The second-order valence-corrected chi connectivity index (χ2v) is 11.3. The molecule has 2 fully saturated rings. The van der Waals surface area contributed by atoms with Gasteiger partial charge in [-0.05, 0) is 62.8 Å². The third-order valence-electron chi connectivity index (χ3n) is 7.54. The summed E-state index contributed by atoms with van der Waals surface area (Å²) in [5, 5.41) is 3.82. The first kappa shape index (κ1) is 21.9. The first-order valence-corrected chi connectivity index (χ1v) is 13.4. The van der Waals surface area contributed by atoms with E-state index >= 15 is 0 Å². The number of aryl methyl sites for hydroxylation is 2. The molecule has 3 heterocycles. The Morgan fingerprint density at radius 2 is 1.62 bits per heavy atom. The molecule has 0 amide bonds. The molecule has 0 N–H and O–H groups in total. The van der Waals surface area contributed by atoms with Crippen LogP contribution in [0.15, 0.2) is 27.6 Å². The van der Waals surface area contributed by atoms with Gasteiger partial charge in [-0.1, -0.05) is 24.1 Å². The SMILES string of the molecule is Cc1noc(C)c1S(=O)(=O)N1CCN(c2ccc3c(c2)CCN(C2CCCC2)CC3)CC1. The van der Waals surface area contributed by atoms with Crippen molar-refractivity contribution >= 4 is 15.7 Å². The summed E-state index contributed by atoms with van der Waals surface area (Å²) in [6.45, 7) is 8.00. The highest BCUT2D eigenvalue weighted by molar-refractivity contribution is 7.89. The highest BCUT2D eigenvalue weighted by Crippen LogP contribution is 2.29. The van der Waals surface area contributed by atoms with E-state index in [2.05, 4.69) is 33.2 Å². The van der Waals surface area contributed by atoms with Crippen LogP contribution in [0.2, 0.25) is 0 Å². The standard InChI is InChI=1S/C24H34N4O3S/c1-18-24(19(2)31-25-18)32(29,30)28-15-13-27(14-16-28)23-8-7-20-9-11-26(12-10-21(20)17-23)22-5-3-4-6-22/h7-8,17,22H,3-6,9-16H2,1-2H3. The second kappa shape index (κ2) is 8.80. The lowest BCUT2D eigenvalue weighted by Gasteiger charge is -2.35. The lowest BCUT2D eigenvalue weighted by molar-refractivity contribution is 0.208. The Kier molecular flexibility index (Phi) is 6.03. The van der Waals surface area contributed by atoms with Gasteiger partial charge < -0.3 is 9.42 Å². The number of piperazine rings is 1. The fourth-order valence-corrected chi connectivity index (χ4v) is 7.43. The van der Waals surface area contributed by atoms with Crippen LogP contribution in [0.4, 0.5) is 5.69 Å². The van der Waals surface area contributed by atoms with Gasteiger partial charge in [-0.15, -0.1) is 0 Å².